The summed E-state index contributed by atoms with van der Waals surface area (Å²) in [6.07, 6.45) is 0.995. The first-order valence-electron chi connectivity index (χ1n) is 5.10. The summed E-state index contributed by atoms with van der Waals surface area (Å²) in [5, 5.41) is 0.292. The minimum absolute atomic E-state index is 0.203. The molecule has 0 aromatic heterocycles. The van der Waals surface area contributed by atoms with Crippen LogP contribution in [0.3, 0.4) is 0 Å². The van der Waals surface area contributed by atoms with E-state index in [1.54, 1.807) is 0 Å². The van der Waals surface area contributed by atoms with Crippen molar-refractivity contribution in [3.05, 3.63) is 0 Å². The molecule has 13 heavy (non-hydrogen) atoms. The van der Waals surface area contributed by atoms with Gasteiger partial charge in [0.05, 0.1) is 0 Å². The molecule has 0 aromatic carbocycles. The Bertz CT molecular complexity index is 151. The summed E-state index contributed by atoms with van der Waals surface area (Å²) in [7, 11) is -1.56. The van der Waals surface area contributed by atoms with Crippen LogP contribution in [0.5, 0.6) is 0 Å². The molecule has 80 valence electrons. The highest BCUT2D eigenvalue weighted by atomic mass is 28.4. The molecule has 0 heterocycles. The fourth-order valence-electron chi connectivity index (χ4n) is 0.650. The van der Waals surface area contributed by atoms with E-state index < -0.39 is 8.32 Å². The van der Waals surface area contributed by atoms with Gasteiger partial charge in [-0.15, -0.1) is 0 Å². The zero-order chi connectivity index (χ0) is 10.7. The molecule has 1 atom stereocenters. The summed E-state index contributed by atoms with van der Waals surface area (Å²) in [5.74, 6) is 0. The van der Waals surface area contributed by atoms with Gasteiger partial charge >= 0.3 is 0 Å². The maximum atomic E-state index is 5.96. The van der Waals surface area contributed by atoms with Gasteiger partial charge in [0.2, 0.25) is 0 Å². The van der Waals surface area contributed by atoms with Crippen molar-refractivity contribution in [1.82, 2.24) is 0 Å². The van der Waals surface area contributed by atoms with Crippen molar-refractivity contribution in [1.29, 1.82) is 0 Å². The van der Waals surface area contributed by atoms with Crippen LogP contribution in [0.1, 0.15) is 34.1 Å². The minimum atomic E-state index is -1.56. The van der Waals surface area contributed by atoms with Crippen LogP contribution in [-0.2, 0) is 4.43 Å². The molecule has 2 nitrogen and oxygen atoms in total. The third kappa shape index (κ3) is 4.25. The van der Waals surface area contributed by atoms with Crippen molar-refractivity contribution in [2.24, 2.45) is 5.73 Å². The van der Waals surface area contributed by atoms with E-state index in [1.165, 1.54) is 0 Å². The second kappa shape index (κ2) is 4.58. The number of rotatable bonds is 4. The normalized spacial score (nSPS) is 15.9. The average molecular weight is 203 g/mol. The molecule has 0 aliphatic heterocycles. The van der Waals surface area contributed by atoms with E-state index >= 15 is 0 Å². The Balaban J connectivity index is 4.04. The zero-order valence-corrected chi connectivity index (χ0v) is 11.0. The van der Waals surface area contributed by atoms with E-state index in [2.05, 4.69) is 40.8 Å². The lowest BCUT2D eigenvalue weighted by molar-refractivity contribution is 0.260. The molecule has 3 heteroatoms. The fraction of sp³-hybridized carbons (Fsp3) is 1.00. The molecular weight excluding hydrogens is 178 g/mol. The minimum Gasteiger partial charge on any atom is -0.415 e. The number of hydrogen-bond acceptors (Lipinski definition) is 2. The van der Waals surface area contributed by atoms with Crippen molar-refractivity contribution in [3.8, 4) is 0 Å². The molecule has 0 fully saturated rings. The van der Waals surface area contributed by atoms with Crippen LogP contribution in [0.25, 0.3) is 0 Å². The molecule has 0 saturated carbocycles. The van der Waals surface area contributed by atoms with Crippen molar-refractivity contribution >= 4 is 8.32 Å². The second-order valence-corrected chi connectivity index (χ2v) is 10.0. The van der Waals surface area contributed by atoms with E-state index in [9.17, 15) is 0 Å². The van der Waals surface area contributed by atoms with Crippen LogP contribution >= 0.6 is 0 Å². The van der Waals surface area contributed by atoms with Crippen molar-refractivity contribution in [2.45, 2.75) is 58.3 Å². The number of hydrogen-bond donors (Lipinski definition) is 1. The van der Waals surface area contributed by atoms with E-state index in [0.717, 1.165) is 6.42 Å². The first kappa shape index (κ1) is 13.1. The highest BCUT2D eigenvalue weighted by Gasteiger charge is 2.37. The molecule has 0 aromatic rings. The van der Waals surface area contributed by atoms with Crippen LogP contribution in [0.15, 0.2) is 0 Å². The zero-order valence-electron chi connectivity index (χ0n) is 9.98. The lowest BCUT2D eigenvalue weighted by atomic mass is 10.2. The van der Waals surface area contributed by atoms with Gasteiger partial charge in [0.15, 0.2) is 8.32 Å². The SMILES string of the molecule is CC[C@H](N)CO[Si](C)(C)C(C)(C)C. The molecule has 0 aliphatic rings. The summed E-state index contributed by atoms with van der Waals surface area (Å²) in [5.41, 5.74) is 5.82. The van der Waals surface area contributed by atoms with Gasteiger partial charge in [-0.1, -0.05) is 27.7 Å². The Kier molecular flexibility index (Phi) is 4.62. The van der Waals surface area contributed by atoms with Gasteiger partial charge in [-0.25, -0.2) is 0 Å². The molecule has 0 saturated heterocycles. The Morgan fingerprint density at radius 1 is 1.31 bits per heavy atom. The van der Waals surface area contributed by atoms with Gasteiger partial charge in [0.1, 0.15) is 0 Å². The van der Waals surface area contributed by atoms with Gasteiger partial charge < -0.3 is 10.2 Å². The maximum Gasteiger partial charge on any atom is 0.192 e. The van der Waals surface area contributed by atoms with Crippen molar-refractivity contribution in [2.75, 3.05) is 6.61 Å². The third-order valence-electron chi connectivity index (χ3n) is 2.99. The first-order chi connectivity index (χ1) is 5.70. The predicted molar refractivity (Wildman–Crippen MR) is 61.4 cm³/mol. The van der Waals surface area contributed by atoms with E-state index in [0.29, 0.717) is 11.6 Å². The third-order valence-corrected chi connectivity index (χ3v) is 7.49. The second-order valence-electron chi connectivity index (χ2n) is 5.24. The molecule has 0 unspecified atom stereocenters. The molecule has 0 bridgehead atoms. The Morgan fingerprint density at radius 3 is 2.08 bits per heavy atom. The van der Waals surface area contributed by atoms with E-state index in [1.807, 2.05) is 0 Å². The Morgan fingerprint density at radius 2 is 1.77 bits per heavy atom. The molecule has 0 radical (unpaired) electrons. The van der Waals surface area contributed by atoms with Crippen LogP contribution in [0, 0.1) is 0 Å². The van der Waals surface area contributed by atoms with Gasteiger partial charge in [0.25, 0.3) is 0 Å². The van der Waals surface area contributed by atoms with E-state index in [4.69, 9.17) is 10.2 Å². The van der Waals surface area contributed by atoms with Crippen LogP contribution < -0.4 is 5.73 Å². The fourth-order valence-corrected chi connectivity index (χ4v) is 1.71. The topological polar surface area (TPSA) is 35.2 Å². The molecular formula is C10H25NOSi. The van der Waals surface area contributed by atoms with Crippen LogP contribution in [0.4, 0.5) is 0 Å². The summed E-state index contributed by atoms with van der Waals surface area (Å²) in [6.45, 7) is 14.1. The smallest absolute Gasteiger partial charge is 0.192 e. The highest BCUT2D eigenvalue weighted by Crippen LogP contribution is 2.36. The summed E-state index contributed by atoms with van der Waals surface area (Å²) in [6, 6.07) is 0.203. The largest absolute Gasteiger partial charge is 0.415 e. The molecule has 0 amide bonds. The average Bonchev–Trinajstić information content (AvgIpc) is 1.98. The Hall–Kier alpha value is 0.137. The molecule has 0 rings (SSSR count). The highest BCUT2D eigenvalue weighted by molar-refractivity contribution is 6.74. The lowest BCUT2D eigenvalue weighted by Crippen LogP contribution is -2.43. The van der Waals surface area contributed by atoms with Gasteiger partial charge in [-0.3, -0.25) is 0 Å². The quantitative estimate of drug-likeness (QED) is 0.713. The molecule has 0 spiro atoms. The first-order valence-corrected chi connectivity index (χ1v) is 8.01. The summed E-state index contributed by atoms with van der Waals surface area (Å²) in [4.78, 5) is 0. The van der Waals surface area contributed by atoms with Gasteiger partial charge in [-0.2, -0.15) is 0 Å². The van der Waals surface area contributed by atoms with Crippen LogP contribution in [-0.4, -0.2) is 21.0 Å². The van der Waals surface area contributed by atoms with E-state index in [-0.39, 0.29) is 6.04 Å². The van der Waals surface area contributed by atoms with Crippen LogP contribution in [0.2, 0.25) is 18.1 Å². The van der Waals surface area contributed by atoms with Gasteiger partial charge in [0, 0.05) is 12.6 Å². The predicted octanol–water partition coefficient (Wildman–Crippen LogP) is 2.75. The molecule has 0 aliphatic carbocycles. The van der Waals surface area contributed by atoms with Crippen molar-refractivity contribution in [3.63, 3.8) is 0 Å². The monoisotopic (exact) mass is 203 g/mol. The molecule has 2 N–H and O–H groups in total. The Labute approximate surface area is 84.0 Å². The standard InChI is InChI=1S/C10H25NOSi/c1-7-9(11)8-12-13(5,6)10(2,3)4/h9H,7-8,11H2,1-6H3/t9-/m0/s1. The summed E-state index contributed by atoms with van der Waals surface area (Å²) >= 11 is 0. The van der Waals surface area contributed by atoms with Gasteiger partial charge in [-0.05, 0) is 24.6 Å². The lowest BCUT2D eigenvalue weighted by Gasteiger charge is -2.36. The maximum absolute atomic E-state index is 5.96. The summed E-state index contributed by atoms with van der Waals surface area (Å²) < 4.78 is 5.96. The number of nitrogens with two attached hydrogens (primary N) is 1. The van der Waals surface area contributed by atoms with Crippen molar-refractivity contribution < 1.29 is 4.43 Å².